The minimum Gasteiger partial charge on any atom is -0.350 e. The van der Waals surface area contributed by atoms with Gasteiger partial charge in [0.25, 0.3) is 0 Å². The Morgan fingerprint density at radius 3 is 2.95 bits per heavy atom. The number of nitrogens with zero attached hydrogens (tertiary/aromatic N) is 4. The fraction of sp³-hybridized carbons (Fsp3) is 0.0714. The van der Waals surface area contributed by atoms with Crippen molar-refractivity contribution in [2.75, 3.05) is 5.43 Å². The molecule has 2 heterocycles. The molecule has 0 fully saturated rings. The molecule has 0 saturated heterocycles. The van der Waals surface area contributed by atoms with Crippen LogP contribution in [0.5, 0.6) is 0 Å². The molecule has 94 valence electrons. The first kappa shape index (κ1) is 11.4. The monoisotopic (exact) mass is 251 g/mol. The van der Waals surface area contributed by atoms with Crippen molar-refractivity contribution in [3.8, 4) is 0 Å². The molecule has 0 aliphatic carbocycles. The molecule has 0 radical (unpaired) electrons. The predicted octanol–water partition coefficient (Wildman–Crippen LogP) is 2.41. The fourth-order valence-corrected chi connectivity index (χ4v) is 1.88. The molecule has 3 aromatic rings. The van der Waals surface area contributed by atoms with Gasteiger partial charge in [0.05, 0.1) is 18.1 Å². The molecule has 19 heavy (non-hydrogen) atoms. The second-order valence-electron chi connectivity index (χ2n) is 4.19. The van der Waals surface area contributed by atoms with E-state index >= 15 is 0 Å². The van der Waals surface area contributed by atoms with Crippen molar-refractivity contribution < 1.29 is 0 Å². The normalized spacial score (nSPS) is 11.2. The maximum absolute atomic E-state index is 4.20. The number of rotatable bonds is 3. The third-order valence-corrected chi connectivity index (χ3v) is 2.92. The molecule has 0 amide bonds. The van der Waals surface area contributed by atoms with Gasteiger partial charge in [-0.15, -0.1) is 5.10 Å². The first-order chi connectivity index (χ1) is 9.34. The zero-order chi connectivity index (χ0) is 13.1. The molecule has 5 nitrogen and oxygen atoms in total. The van der Waals surface area contributed by atoms with Gasteiger partial charge in [0.1, 0.15) is 0 Å². The van der Waals surface area contributed by atoms with Crippen LogP contribution in [0.25, 0.3) is 10.8 Å². The summed E-state index contributed by atoms with van der Waals surface area (Å²) in [6.07, 6.45) is 5.46. The van der Waals surface area contributed by atoms with E-state index in [-0.39, 0.29) is 0 Å². The Kier molecular flexibility index (Phi) is 2.94. The van der Waals surface area contributed by atoms with Crippen molar-refractivity contribution in [1.82, 2.24) is 14.8 Å². The quantitative estimate of drug-likeness (QED) is 0.574. The average Bonchev–Trinajstić information content (AvgIpc) is 2.85. The maximum atomic E-state index is 4.20. The van der Waals surface area contributed by atoms with Crippen LogP contribution >= 0.6 is 0 Å². The number of anilines is 1. The van der Waals surface area contributed by atoms with Crippen molar-refractivity contribution in [1.29, 1.82) is 0 Å². The molecule has 1 N–H and O–H groups in total. The van der Waals surface area contributed by atoms with E-state index in [9.17, 15) is 0 Å². The minimum absolute atomic E-state index is 0.656. The highest BCUT2D eigenvalue weighted by Crippen LogP contribution is 2.18. The highest BCUT2D eigenvalue weighted by atomic mass is 15.3. The highest BCUT2D eigenvalue weighted by molar-refractivity contribution is 5.91. The largest absolute Gasteiger partial charge is 0.350 e. The zero-order valence-corrected chi connectivity index (χ0v) is 10.5. The summed E-state index contributed by atoms with van der Waals surface area (Å²) in [6.45, 7) is 0. The lowest BCUT2D eigenvalue weighted by Gasteiger charge is -2.03. The molecule has 0 unspecified atom stereocenters. The number of benzene rings is 1. The summed E-state index contributed by atoms with van der Waals surface area (Å²) >= 11 is 0. The van der Waals surface area contributed by atoms with Gasteiger partial charge in [-0.05, 0) is 12.1 Å². The van der Waals surface area contributed by atoms with E-state index in [4.69, 9.17) is 0 Å². The number of aromatic nitrogens is 3. The standard InChI is InChI=1S/C14H13N5/c1-19-8-4-6-12(19)10-16-18-14-13-7-3-2-5-11(13)9-15-17-14/h2-10H,1H3,(H,17,18)/b16-10+. The summed E-state index contributed by atoms with van der Waals surface area (Å²) < 4.78 is 1.99. The lowest BCUT2D eigenvalue weighted by atomic mass is 10.2. The number of hydrogen-bond donors (Lipinski definition) is 1. The fourth-order valence-electron chi connectivity index (χ4n) is 1.88. The van der Waals surface area contributed by atoms with Crippen LogP contribution in [0.3, 0.4) is 0 Å². The Hall–Kier alpha value is -2.69. The molecule has 0 bridgehead atoms. The van der Waals surface area contributed by atoms with Crippen molar-refractivity contribution in [2.45, 2.75) is 0 Å². The SMILES string of the molecule is Cn1cccc1/C=N/Nc1nncc2ccccc12. The Bertz CT molecular complexity index is 724. The second-order valence-corrected chi connectivity index (χ2v) is 4.19. The summed E-state index contributed by atoms with van der Waals surface area (Å²) in [4.78, 5) is 0. The molecule has 1 aromatic carbocycles. The molecule has 0 saturated carbocycles. The van der Waals surface area contributed by atoms with Gasteiger partial charge >= 0.3 is 0 Å². The van der Waals surface area contributed by atoms with E-state index < -0.39 is 0 Å². The maximum Gasteiger partial charge on any atom is 0.176 e. The van der Waals surface area contributed by atoms with Gasteiger partial charge in [-0.3, -0.25) is 5.43 Å². The van der Waals surface area contributed by atoms with Crippen LogP contribution in [0.2, 0.25) is 0 Å². The number of hydrazone groups is 1. The topological polar surface area (TPSA) is 55.1 Å². The second kappa shape index (κ2) is 4.89. The number of nitrogens with one attached hydrogen (secondary N) is 1. The van der Waals surface area contributed by atoms with Gasteiger partial charge in [0.15, 0.2) is 5.82 Å². The van der Waals surface area contributed by atoms with Crippen LogP contribution in [-0.2, 0) is 7.05 Å². The van der Waals surface area contributed by atoms with Gasteiger partial charge in [-0.2, -0.15) is 10.2 Å². The van der Waals surface area contributed by atoms with Crippen LogP contribution in [0.4, 0.5) is 5.82 Å². The van der Waals surface area contributed by atoms with Crippen LogP contribution in [0, 0.1) is 0 Å². The van der Waals surface area contributed by atoms with E-state index in [1.54, 1.807) is 12.4 Å². The number of hydrogen-bond acceptors (Lipinski definition) is 4. The van der Waals surface area contributed by atoms with Gasteiger partial charge < -0.3 is 4.57 Å². The molecule has 0 aliphatic heterocycles. The molecular weight excluding hydrogens is 238 g/mol. The Morgan fingerprint density at radius 1 is 1.21 bits per heavy atom. The smallest absolute Gasteiger partial charge is 0.176 e. The molecule has 5 heteroatoms. The number of aryl methyl sites for hydroxylation is 1. The van der Waals surface area contributed by atoms with E-state index in [0.29, 0.717) is 5.82 Å². The highest BCUT2D eigenvalue weighted by Gasteiger charge is 2.00. The molecule has 0 aliphatic rings. The Balaban J connectivity index is 1.86. The summed E-state index contributed by atoms with van der Waals surface area (Å²) in [5, 5.41) is 14.3. The van der Waals surface area contributed by atoms with Crippen molar-refractivity contribution in [2.24, 2.45) is 12.1 Å². The van der Waals surface area contributed by atoms with E-state index in [2.05, 4.69) is 20.7 Å². The van der Waals surface area contributed by atoms with Crippen molar-refractivity contribution in [3.63, 3.8) is 0 Å². The Morgan fingerprint density at radius 2 is 2.11 bits per heavy atom. The molecule has 0 atom stereocenters. The minimum atomic E-state index is 0.656. The van der Waals surface area contributed by atoms with Crippen LogP contribution in [0.15, 0.2) is 53.9 Å². The first-order valence-electron chi connectivity index (χ1n) is 5.95. The summed E-state index contributed by atoms with van der Waals surface area (Å²) in [5.74, 6) is 0.656. The van der Waals surface area contributed by atoms with E-state index in [1.807, 2.05) is 54.2 Å². The molecule has 3 rings (SSSR count). The summed E-state index contributed by atoms with van der Waals surface area (Å²) in [5.41, 5.74) is 3.95. The first-order valence-corrected chi connectivity index (χ1v) is 5.95. The molecule has 0 spiro atoms. The van der Waals surface area contributed by atoms with Gasteiger partial charge in [0.2, 0.25) is 0 Å². The lowest BCUT2D eigenvalue weighted by molar-refractivity contribution is 0.918. The predicted molar refractivity (Wildman–Crippen MR) is 76.2 cm³/mol. The lowest BCUT2D eigenvalue weighted by Crippen LogP contribution is -1.98. The van der Waals surface area contributed by atoms with Gasteiger partial charge in [-0.1, -0.05) is 24.3 Å². The average molecular weight is 251 g/mol. The third kappa shape index (κ3) is 2.30. The van der Waals surface area contributed by atoms with Crippen molar-refractivity contribution >= 4 is 22.8 Å². The van der Waals surface area contributed by atoms with Crippen LogP contribution in [-0.4, -0.2) is 21.0 Å². The number of fused-ring (bicyclic) bond motifs is 1. The zero-order valence-electron chi connectivity index (χ0n) is 10.5. The summed E-state index contributed by atoms with van der Waals surface area (Å²) in [7, 11) is 1.97. The van der Waals surface area contributed by atoms with Crippen LogP contribution in [0.1, 0.15) is 5.69 Å². The molecular formula is C14H13N5. The third-order valence-electron chi connectivity index (χ3n) is 2.92. The van der Waals surface area contributed by atoms with Gasteiger partial charge in [-0.25, -0.2) is 0 Å². The summed E-state index contributed by atoms with van der Waals surface area (Å²) in [6, 6.07) is 11.9. The Labute approximate surface area is 110 Å². The van der Waals surface area contributed by atoms with Crippen LogP contribution < -0.4 is 5.43 Å². The van der Waals surface area contributed by atoms with E-state index in [0.717, 1.165) is 16.5 Å². The van der Waals surface area contributed by atoms with E-state index in [1.165, 1.54) is 0 Å². The molecule has 2 aromatic heterocycles. The van der Waals surface area contributed by atoms with Gasteiger partial charge in [0, 0.05) is 24.0 Å². The van der Waals surface area contributed by atoms with Crippen molar-refractivity contribution in [3.05, 3.63) is 54.5 Å².